The smallest absolute Gasteiger partial charge is 0.264 e. The summed E-state index contributed by atoms with van der Waals surface area (Å²) < 4.78 is 29.2. The molecule has 1 atom stereocenters. The number of sulfonamides is 1. The van der Waals surface area contributed by atoms with Crippen molar-refractivity contribution in [1.29, 1.82) is 0 Å². The number of amides is 2. The normalized spacial score (nSPS) is 14.1. The second kappa shape index (κ2) is 14.8. The van der Waals surface area contributed by atoms with Crippen LogP contribution in [0.5, 0.6) is 0 Å². The summed E-state index contributed by atoms with van der Waals surface area (Å²) in [6.45, 7) is 1.60. The average Bonchev–Trinajstić information content (AvgIpc) is 3.56. The minimum atomic E-state index is -4.16. The summed E-state index contributed by atoms with van der Waals surface area (Å²) in [4.78, 5) is 30.2. The SMILES string of the molecule is Cc1cccc(CN(C(=O)CN(c2ccc(Cl)cc2)S(=O)(=O)c2ccccc2)[C@H](Cc2ccccc2)C(=O)NC2CCCC2)c1. The minimum absolute atomic E-state index is 0.0516. The third-order valence-electron chi connectivity index (χ3n) is 8.13. The Morgan fingerprint density at radius 3 is 2.11 bits per heavy atom. The highest BCUT2D eigenvalue weighted by Gasteiger charge is 2.35. The van der Waals surface area contributed by atoms with Crippen molar-refractivity contribution in [2.75, 3.05) is 10.8 Å². The number of hydrogen-bond acceptors (Lipinski definition) is 4. The van der Waals surface area contributed by atoms with Crippen LogP contribution >= 0.6 is 11.6 Å². The summed E-state index contributed by atoms with van der Waals surface area (Å²) in [6.07, 6.45) is 4.18. The maximum absolute atomic E-state index is 14.5. The van der Waals surface area contributed by atoms with Crippen molar-refractivity contribution in [2.24, 2.45) is 0 Å². The largest absolute Gasteiger partial charge is 0.352 e. The Morgan fingerprint density at radius 1 is 0.844 bits per heavy atom. The molecule has 5 rings (SSSR count). The lowest BCUT2D eigenvalue weighted by molar-refractivity contribution is -0.140. The first-order valence-electron chi connectivity index (χ1n) is 15.2. The highest BCUT2D eigenvalue weighted by atomic mass is 35.5. The van der Waals surface area contributed by atoms with Crippen molar-refractivity contribution in [1.82, 2.24) is 10.2 Å². The second-order valence-electron chi connectivity index (χ2n) is 11.5. The molecule has 4 aromatic carbocycles. The summed E-state index contributed by atoms with van der Waals surface area (Å²) in [6, 6.07) is 30.9. The molecule has 1 N–H and O–H groups in total. The molecule has 0 heterocycles. The van der Waals surface area contributed by atoms with Crippen LogP contribution in [0.2, 0.25) is 5.02 Å². The van der Waals surface area contributed by atoms with Crippen LogP contribution in [0.25, 0.3) is 0 Å². The first-order chi connectivity index (χ1) is 21.7. The molecule has 0 saturated heterocycles. The van der Waals surface area contributed by atoms with Gasteiger partial charge >= 0.3 is 0 Å². The van der Waals surface area contributed by atoms with Crippen molar-refractivity contribution in [3.8, 4) is 0 Å². The van der Waals surface area contributed by atoms with E-state index in [0.717, 1.165) is 46.7 Å². The summed E-state index contributed by atoms with van der Waals surface area (Å²) in [5.74, 6) is -0.732. The van der Waals surface area contributed by atoms with Gasteiger partial charge in [0.2, 0.25) is 11.8 Å². The maximum atomic E-state index is 14.5. The lowest BCUT2D eigenvalue weighted by atomic mass is 10.0. The van der Waals surface area contributed by atoms with E-state index < -0.39 is 28.5 Å². The summed E-state index contributed by atoms with van der Waals surface area (Å²) in [5.41, 5.74) is 3.06. The predicted molar refractivity (Wildman–Crippen MR) is 178 cm³/mol. The van der Waals surface area contributed by atoms with Crippen molar-refractivity contribution in [3.63, 3.8) is 0 Å². The molecule has 0 unspecified atom stereocenters. The second-order valence-corrected chi connectivity index (χ2v) is 13.8. The fourth-order valence-corrected chi connectivity index (χ4v) is 7.35. The van der Waals surface area contributed by atoms with Gasteiger partial charge in [0, 0.05) is 24.0 Å². The van der Waals surface area contributed by atoms with E-state index in [9.17, 15) is 18.0 Å². The Labute approximate surface area is 270 Å². The molecule has 0 aliphatic heterocycles. The molecule has 0 spiro atoms. The van der Waals surface area contributed by atoms with E-state index in [0.29, 0.717) is 10.7 Å². The predicted octanol–water partition coefficient (Wildman–Crippen LogP) is 6.54. The van der Waals surface area contributed by atoms with E-state index in [1.807, 2.05) is 61.5 Å². The van der Waals surface area contributed by atoms with Crippen LogP contribution in [0.15, 0.2) is 114 Å². The number of nitrogens with zero attached hydrogens (tertiary/aromatic N) is 2. The Kier molecular flexibility index (Phi) is 10.6. The number of rotatable bonds is 12. The average molecular weight is 644 g/mol. The third kappa shape index (κ3) is 8.32. The topological polar surface area (TPSA) is 86.8 Å². The first kappa shape index (κ1) is 32.3. The molecule has 4 aromatic rings. The number of aryl methyl sites for hydroxylation is 1. The molecule has 1 aliphatic carbocycles. The van der Waals surface area contributed by atoms with Crippen LogP contribution in [0.4, 0.5) is 5.69 Å². The van der Waals surface area contributed by atoms with Gasteiger partial charge in [0.05, 0.1) is 10.6 Å². The van der Waals surface area contributed by atoms with Crippen LogP contribution < -0.4 is 9.62 Å². The molecule has 9 heteroatoms. The quantitative estimate of drug-likeness (QED) is 0.190. The molecule has 1 aliphatic rings. The maximum Gasteiger partial charge on any atom is 0.264 e. The van der Waals surface area contributed by atoms with Gasteiger partial charge in [-0.25, -0.2) is 8.42 Å². The lowest BCUT2D eigenvalue weighted by Crippen LogP contribution is -2.54. The van der Waals surface area contributed by atoms with Crippen LogP contribution in [0.1, 0.15) is 42.4 Å². The van der Waals surface area contributed by atoms with Crippen LogP contribution in [-0.2, 0) is 32.6 Å². The number of carbonyl (C=O) groups is 2. The number of halogens is 1. The molecule has 234 valence electrons. The van der Waals surface area contributed by atoms with Crippen LogP contribution in [-0.4, -0.2) is 43.8 Å². The van der Waals surface area contributed by atoms with E-state index in [4.69, 9.17) is 11.6 Å². The third-order valence-corrected chi connectivity index (χ3v) is 10.2. The van der Waals surface area contributed by atoms with E-state index >= 15 is 0 Å². The molecule has 0 aromatic heterocycles. The standard InChI is InChI=1S/C36H38ClN3O4S/c1-27-11-10-14-29(23-27)25-39(34(24-28-12-4-2-5-13-28)36(42)38-31-15-8-9-16-31)35(41)26-40(32-21-19-30(37)20-22-32)45(43,44)33-17-6-3-7-18-33/h2-7,10-14,17-23,31,34H,8-9,15-16,24-26H2,1H3,(H,38,42)/t34-/m1/s1. The fraction of sp³-hybridized carbons (Fsp3) is 0.278. The zero-order valence-corrected chi connectivity index (χ0v) is 26.9. The van der Waals surface area contributed by atoms with Gasteiger partial charge in [-0.05, 0) is 67.3 Å². The van der Waals surface area contributed by atoms with E-state index in [1.165, 1.54) is 17.0 Å². The number of nitrogens with one attached hydrogen (secondary N) is 1. The highest BCUT2D eigenvalue weighted by molar-refractivity contribution is 7.92. The van der Waals surface area contributed by atoms with Gasteiger partial charge in [-0.15, -0.1) is 0 Å². The number of benzene rings is 4. The van der Waals surface area contributed by atoms with Gasteiger partial charge in [-0.1, -0.05) is 103 Å². The Bertz CT molecular complexity index is 1690. The molecule has 45 heavy (non-hydrogen) atoms. The van der Waals surface area contributed by atoms with Gasteiger partial charge in [0.25, 0.3) is 10.0 Å². The van der Waals surface area contributed by atoms with Gasteiger partial charge in [0.1, 0.15) is 12.6 Å². The lowest BCUT2D eigenvalue weighted by Gasteiger charge is -2.34. The van der Waals surface area contributed by atoms with Gasteiger partial charge in [-0.2, -0.15) is 0 Å². The monoisotopic (exact) mass is 643 g/mol. The van der Waals surface area contributed by atoms with Gasteiger partial charge in [-0.3, -0.25) is 13.9 Å². The van der Waals surface area contributed by atoms with Crippen molar-refractivity contribution in [3.05, 3.63) is 131 Å². The van der Waals surface area contributed by atoms with Crippen LogP contribution in [0.3, 0.4) is 0 Å². The number of carbonyl (C=O) groups excluding carboxylic acids is 2. The molecule has 7 nitrogen and oxygen atoms in total. The summed E-state index contributed by atoms with van der Waals surface area (Å²) in [7, 11) is -4.16. The van der Waals surface area contributed by atoms with Crippen molar-refractivity contribution in [2.45, 2.75) is 62.6 Å². The first-order valence-corrected chi connectivity index (χ1v) is 17.1. The minimum Gasteiger partial charge on any atom is -0.352 e. The van der Waals surface area contributed by atoms with Gasteiger partial charge in [0.15, 0.2) is 0 Å². The molecule has 2 amide bonds. The fourth-order valence-electron chi connectivity index (χ4n) is 5.78. The zero-order chi connectivity index (χ0) is 31.8. The van der Waals surface area contributed by atoms with E-state index in [1.54, 1.807) is 42.5 Å². The van der Waals surface area contributed by atoms with Crippen LogP contribution in [0, 0.1) is 6.92 Å². The molecule has 0 bridgehead atoms. The molecular formula is C36H38ClN3O4S. The Morgan fingerprint density at radius 2 is 1.47 bits per heavy atom. The van der Waals surface area contributed by atoms with Crippen molar-refractivity contribution < 1.29 is 18.0 Å². The number of hydrogen-bond donors (Lipinski definition) is 1. The molecule has 1 fully saturated rings. The van der Waals surface area contributed by atoms with Gasteiger partial charge < -0.3 is 10.2 Å². The molecule has 0 radical (unpaired) electrons. The molecular weight excluding hydrogens is 606 g/mol. The zero-order valence-electron chi connectivity index (χ0n) is 25.3. The summed E-state index contributed by atoms with van der Waals surface area (Å²) >= 11 is 6.14. The van der Waals surface area contributed by atoms with E-state index in [2.05, 4.69) is 5.32 Å². The summed E-state index contributed by atoms with van der Waals surface area (Å²) in [5, 5.41) is 3.64. The number of anilines is 1. The Hall–Kier alpha value is -4.14. The van der Waals surface area contributed by atoms with Crippen molar-refractivity contribution >= 4 is 39.1 Å². The molecule has 1 saturated carbocycles. The highest BCUT2D eigenvalue weighted by Crippen LogP contribution is 2.27. The Balaban J connectivity index is 1.56. The van der Waals surface area contributed by atoms with E-state index in [-0.39, 0.29) is 29.8 Å².